The van der Waals surface area contributed by atoms with Gasteiger partial charge in [0.2, 0.25) is 5.91 Å². The van der Waals surface area contributed by atoms with Crippen LogP contribution in [0, 0.1) is 5.92 Å². The highest BCUT2D eigenvalue weighted by molar-refractivity contribution is 5.79. The molecule has 3 unspecified atom stereocenters. The van der Waals surface area contributed by atoms with Gasteiger partial charge in [0.05, 0.1) is 18.6 Å². The number of rotatable bonds is 7. The van der Waals surface area contributed by atoms with E-state index in [4.69, 9.17) is 10.5 Å². The molecule has 3 atom stereocenters. The average Bonchev–Trinajstić information content (AvgIpc) is 2.47. The highest BCUT2D eigenvalue weighted by Crippen LogP contribution is 2.21. The molecule has 1 rings (SSSR count). The lowest BCUT2D eigenvalue weighted by Crippen LogP contribution is -2.45. The fourth-order valence-corrected chi connectivity index (χ4v) is 2.39. The lowest BCUT2D eigenvalue weighted by atomic mass is 9.94. The minimum atomic E-state index is -0.285. The lowest BCUT2D eigenvalue weighted by Gasteiger charge is -2.32. The van der Waals surface area contributed by atoms with Gasteiger partial charge < -0.3 is 15.4 Å². The van der Waals surface area contributed by atoms with E-state index in [1.807, 2.05) is 56.0 Å². The molecule has 1 aromatic carbocycles. The maximum atomic E-state index is 12.6. The van der Waals surface area contributed by atoms with Crippen LogP contribution in [0.15, 0.2) is 30.3 Å². The van der Waals surface area contributed by atoms with Crippen molar-refractivity contribution in [3.05, 3.63) is 35.9 Å². The van der Waals surface area contributed by atoms with Gasteiger partial charge in [-0.15, -0.1) is 0 Å². The molecule has 0 heterocycles. The van der Waals surface area contributed by atoms with Crippen LogP contribution in [0.4, 0.5) is 0 Å². The fourth-order valence-electron chi connectivity index (χ4n) is 2.39. The third kappa shape index (κ3) is 4.05. The third-order valence-corrected chi connectivity index (χ3v) is 3.68. The number of ether oxygens (including phenoxy) is 1. The van der Waals surface area contributed by atoms with E-state index in [1.165, 1.54) is 0 Å². The Labute approximate surface area is 121 Å². The van der Waals surface area contributed by atoms with Crippen molar-refractivity contribution < 1.29 is 9.53 Å². The monoisotopic (exact) mass is 278 g/mol. The molecular formula is C16H26N2O2. The molecule has 4 nitrogen and oxygen atoms in total. The summed E-state index contributed by atoms with van der Waals surface area (Å²) in [7, 11) is 1.65. The predicted molar refractivity (Wildman–Crippen MR) is 81.3 cm³/mol. The van der Waals surface area contributed by atoms with Gasteiger partial charge in [-0.1, -0.05) is 37.3 Å². The van der Waals surface area contributed by atoms with E-state index >= 15 is 0 Å². The van der Waals surface area contributed by atoms with Crippen LogP contribution < -0.4 is 5.73 Å². The van der Waals surface area contributed by atoms with Crippen molar-refractivity contribution in [2.24, 2.45) is 11.7 Å². The molecule has 4 heteroatoms. The zero-order chi connectivity index (χ0) is 15.1. The first-order valence-corrected chi connectivity index (χ1v) is 7.12. The Bertz CT molecular complexity index is 408. The van der Waals surface area contributed by atoms with Gasteiger partial charge in [-0.2, -0.15) is 0 Å². The second-order valence-corrected chi connectivity index (χ2v) is 5.15. The summed E-state index contributed by atoms with van der Waals surface area (Å²) in [5.74, 6) is -0.176. The molecule has 1 aromatic rings. The molecular weight excluding hydrogens is 252 g/mol. The van der Waals surface area contributed by atoms with Crippen LogP contribution in [0.2, 0.25) is 0 Å². The predicted octanol–water partition coefficient (Wildman–Crippen LogP) is 2.21. The summed E-state index contributed by atoms with van der Waals surface area (Å²) in [4.78, 5) is 14.4. The zero-order valence-electron chi connectivity index (χ0n) is 12.9. The SMILES string of the molecule is CCN(C(=O)C(C)C(N)c1ccccc1)C(C)COC. The van der Waals surface area contributed by atoms with Gasteiger partial charge in [-0.25, -0.2) is 0 Å². The highest BCUT2D eigenvalue weighted by atomic mass is 16.5. The number of carbonyl (C=O) groups excluding carboxylic acids is 1. The van der Waals surface area contributed by atoms with Gasteiger partial charge in [-0.05, 0) is 19.4 Å². The molecule has 0 saturated carbocycles. The van der Waals surface area contributed by atoms with Crippen molar-refractivity contribution in [1.82, 2.24) is 4.90 Å². The van der Waals surface area contributed by atoms with Crippen LogP contribution in [-0.2, 0) is 9.53 Å². The van der Waals surface area contributed by atoms with Crippen molar-refractivity contribution in [2.45, 2.75) is 32.9 Å². The van der Waals surface area contributed by atoms with Crippen LogP contribution in [0.5, 0.6) is 0 Å². The molecule has 0 aliphatic carbocycles. The molecule has 20 heavy (non-hydrogen) atoms. The standard InChI is InChI=1S/C16H26N2O2/c1-5-18(12(2)11-20-4)16(19)13(3)15(17)14-9-7-6-8-10-14/h6-10,12-13,15H,5,11,17H2,1-4H3. The van der Waals surface area contributed by atoms with Gasteiger partial charge in [0.25, 0.3) is 0 Å². The minimum absolute atomic E-state index is 0.0583. The molecule has 0 bridgehead atoms. The molecule has 0 aromatic heterocycles. The van der Waals surface area contributed by atoms with Crippen molar-refractivity contribution >= 4 is 5.91 Å². The van der Waals surface area contributed by atoms with E-state index in [0.717, 1.165) is 5.56 Å². The number of likely N-dealkylation sites (N-methyl/N-ethyl adjacent to an activating group) is 1. The van der Waals surface area contributed by atoms with Gasteiger partial charge in [0.15, 0.2) is 0 Å². The number of nitrogens with two attached hydrogens (primary N) is 1. The number of hydrogen-bond donors (Lipinski definition) is 1. The molecule has 1 amide bonds. The third-order valence-electron chi connectivity index (χ3n) is 3.68. The number of benzene rings is 1. The largest absolute Gasteiger partial charge is 0.383 e. The number of carbonyl (C=O) groups is 1. The van der Waals surface area contributed by atoms with Gasteiger partial charge in [-0.3, -0.25) is 4.79 Å². The van der Waals surface area contributed by atoms with E-state index in [1.54, 1.807) is 7.11 Å². The Morgan fingerprint density at radius 1 is 1.30 bits per heavy atom. The van der Waals surface area contributed by atoms with Crippen LogP contribution >= 0.6 is 0 Å². The molecule has 0 spiro atoms. The molecule has 0 saturated heterocycles. The minimum Gasteiger partial charge on any atom is -0.383 e. The maximum absolute atomic E-state index is 12.6. The Kier molecular flexibility index (Phi) is 6.68. The number of methoxy groups -OCH3 is 1. The summed E-state index contributed by atoms with van der Waals surface area (Å²) >= 11 is 0. The van der Waals surface area contributed by atoms with Crippen LogP contribution in [-0.4, -0.2) is 37.1 Å². The van der Waals surface area contributed by atoms with Crippen molar-refractivity contribution in [3.63, 3.8) is 0 Å². The van der Waals surface area contributed by atoms with Gasteiger partial charge in [0, 0.05) is 19.7 Å². The Hall–Kier alpha value is -1.39. The van der Waals surface area contributed by atoms with Gasteiger partial charge >= 0.3 is 0 Å². The summed E-state index contributed by atoms with van der Waals surface area (Å²) in [6.45, 7) is 7.06. The normalized spacial score (nSPS) is 15.4. The second-order valence-electron chi connectivity index (χ2n) is 5.15. The summed E-state index contributed by atoms with van der Waals surface area (Å²) in [5.41, 5.74) is 7.22. The van der Waals surface area contributed by atoms with Crippen LogP contribution in [0.25, 0.3) is 0 Å². The lowest BCUT2D eigenvalue weighted by molar-refractivity contribution is -0.138. The Morgan fingerprint density at radius 3 is 2.40 bits per heavy atom. The average molecular weight is 278 g/mol. The summed E-state index contributed by atoms with van der Waals surface area (Å²) in [5, 5.41) is 0. The molecule has 0 aliphatic heterocycles. The molecule has 2 N–H and O–H groups in total. The molecule has 112 valence electrons. The first-order chi connectivity index (χ1) is 9.52. The highest BCUT2D eigenvalue weighted by Gasteiger charge is 2.28. The molecule has 0 fully saturated rings. The Morgan fingerprint density at radius 2 is 1.90 bits per heavy atom. The first-order valence-electron chi connectivity index (χ1n) is 7.12. The van der Waals surface area contributed by atoms with Crippen LogP contribution in [0.3, 0.4) is 0 Å². The van der Waals surface area contributed by atoms with E-state index in [2.05, 4.69) is 0 Å². The quantitative estimate of drug-likeness (QED) is 0.832. The smallest absolute Gasteiger partial charge is 0.227 e. The Balaban J connectivity index is 2.79. The summed E-state index contributed by atoms with van der Waals surface area (Å²) < 4.78 is 5.14. The van der Waals surface area contributed by atoms with Crippen molar-refractivity contribution in [2.75, 3.05) is 20.3 Å². The van der Waals surface area contributed by atoms with Crippen molar-refractivity contribution in [3.8, 4) is 0 Å². The fraction of sp³-hybridized carbons (Fsp3) is 0.562. The topological polar surface area (TPSA) is 55.6 Å². The molecule has 0 radical (unpaired) electrons. The second kappa shape index (κ2) is 8.02. The zero-order valence-corrected chi connectivity index (χ0v) is 12.9. The van der Waals surface area contributed by atoms with E-state index < -0.39 is 0 Å². The number of nitrogens with zero attached hydrogens (tertiary/aromatic N) is 1. The first kappa shape index (κ1) is 16.7. The van der Waals surface area contributed by atoms with Crippen LogP contribution in [0.1, 0.15) is 32.4 Å². The van der Waals surface area contributed by atoms with E-state index in [9.17, 15) is 4.79 Å². The summed E-state index contributed by atoms with van der Waals surface area (Å²) in [6.07, 6.45) is 0. The maximum Gasteiger partial charge on any atom is 0.227 e. The van der Waals surface area contributed by atoms with Crippen molar-refractivity contribution in [1.29, 1.82) is 0 Å². The van der Waals surface area contributed by atoms with E-state index in [0.29, 0.717) is 13.2 Å². The van der Waals surface area contributed by atoms with Gasteiger partial charge in [0.1, 0.15) is 0 Å². The van der Waals surface area contributed by atoms with E-state index in [-0.39, 0.29) is 23.9 Å². The number of hydrogen-bond acceptors (Lipinski definition) is 3. The number of amides is 1. The summed E-state index contributed by atoms with van der Waals surface area (Å²) in [6, 6.07) is 9.53. The molecule has 0 aliphatic rings.